The number of nitrogens with zero attached hydrogens (tertiary/aromatic N) is 3. The highest BCUT2D eigenvalue weighted by Crippen LogP contribution is 3.02. The molecular weight excluding hydrogens is 483 g/mol. The summed E-state index contributed by atoms with van der Waals surface area (Å²) < 4.78 is 71.1. The maximum atomic E-state index is 13.2. The van der Waals surface area contributed by atoms with Crippen molar-refractivity contribution in [3.05, 3.63) is 59.7 Å². The van der Waals surface area contributed by atoms with Gasteiger partial charge in [-0.25, -0.2) is 0 Å². The molecule has 3 aromatic rings. The summed E-state index contributed by atoms with van der Waals surface area (Å²) in [5, 5.41) is 28.8. The van der Waals surface area contributed by atoms with Gasteiger partial charge in [0.05, 0.1) is 0 Å². The van der Waals surface area contributed by atoms with Gasteiger partial charge in [0.2, 0.25) is 5.82 Å². The van der Waals surface area contributed by atoms with Crippen LogP contribution in [0.25, 0.3) is 11.4 Å². The third kappa shape index (κ3) is 4.17. The van der Waals surface area contributed by atoms with Crippen LogP contribution >= 0.6 is 10.2 Å². The molecule has 2 aromatic heterocycles. The highest BCUT2D eigenvalue weighted by Gasteiger charge is 2.65. The van der Waals surface area contributed by atoms with Crippen molar-refractivity contribution < 1.29 is 34.2 Å². The molecule has 1 aromatic carbocycles. The van der Waals surface area contributed by atoms with Gasteiger partial charge in [0.1, 0.15) is 16.1 Å². The van der Waals surface area contributed by atoms with Crippen LogP contribution in [0.2, 0.25) is 0 Å². The molecule has 1 saturated heterocycles. The van der Waals surface area contributed by atoms with Crippen LogP contribution in [-0.2, 0) is 11.2 Å². The Kier molecular flexibility index (Phi) is 4.86. The molecule has 0 aliphatic carbocycles. The number of aliphatic hydroxyl groups is 2. The highest BCUT2D eigenvalue weighted by molar-refractivity contribution is 8.45. The molecule has 0 bridgehead atoms. The maximum absolute atomic E-state index is 13.2. The van der Waals surface area contributed by atoms with Crippen LogP contribution in [0.5, 0.6) is 0 Å². The van der Waals surface area contributed by atoms with E-state index in [1.807, 2.05) is 0 Å². The first-order valence-electron chi connectivity index (χ1n) is 10.1. The average Bonchev–Trinajstić information content (AvgIpc) is 3.21. The van der Waals surface area contributed by atoms with Crippen LogP contribution in [0.4, 0.5) is 19.4 Å². The second-order valence-corrected chi connectivity index (χ2v) is 11.7. The zero-order valence-electron chi connectivity index (χ0n) is 18.4. The lowest BCUT2D eigenvalue weighted by molar-refractivity contribution is -0.0769. The molecule has 1 fully saturated rings. The fourth-order valence-electron chi connectivity index (χ4n) is 3.92. The Morgan fingerprint density at radius 3 is 2.09 bits per heavy atom. The van der Waals surface area contributed by atoms with E-state index in [1.165, 1.54) is 32.3 Å². The van der Waals surface area contributed by atoms with E-state index >= 15 is 0 Å². The van der Waals surface area contributed by atoms with Crippen molar-refractivity contribution in [2.45, 2.75) is 36.9 Å². The number of aromatic nitrogens is 3. The molecule has 0 radical (unpaired) electrons. The SMILES string of the molecule is CC(C)(O)c1nc(-c2cncc(C(O)(c3ccc(S(F)(F)(F)(F)F)cc3)C3(C)CNC3)c2)no1. The molecule has 3 N–H and O–H groups in total. The lowest BCUT2D eigenvalue weighted by Crippen LogP contribution is -2.63. The van der Waals surface area contributed by atoms with Crippen LogP contribution in [0.3, 0.4) is 0 Å². The van der Waals surface area contributed by atoms with Crippen molar-refractivity contribution in [1.29, 1.82) is 0 Å². The topological polar surface area (TPSA) is 104 Å². The fraction of sp³-hybridized carbons (Fsp3) is 0.381. The number of pyridine rings is 1. The molecule has 13 heteroatoms. The summed E-state index contributed by atoms with van der Waals surface area (Å²) >= 11 is 0. The Morgan fingerprint density at radius 1 is 1.00 bits per heavy atom. The van der Waals surface area contributed by atoms with Crippen molar-refractivity contribution in [3.63, 3.8) is 0 Å². The molecule has 0 amide bonds. The zero-order valence-corrected chi connectivity index (χ0v) is 19.2. The zero-order chi connectivity index (χ0) is 25.3. The third-order valence-corrected chi connectivity index (χ3v) is 7.15. The van der Waals surface area contributed by atoms with Crippen molar-refractivity contribution >= 4 is 10.2 Å². The molecule has 4 rings (SSSR count). The van der Waals surface area contributed by atoms with E-state index in [4.69, 9.17) is 4.52 Å². The second-order valence-electron chi connectivity index (χ2n) is 9.31. The minimum atomic E-state index is -9.87. The molecule has 1 atom stereocenters. The average molecular weight is 506 g/mol. The van der Waals surface area contributed by atoms with Crippen molar-refractivity contribution in [1.82, 2.24) is 20.4 Å². The number of nitrogens with one attached hydrogen (secondary N) is 1. The molecule has 0 spiro atoms. The predicted molar refractivity (Wildman–Crippen MR) is 115 cm³/mol. The van der Waals surface area contributed by atoms with Crippen LogP contribution in [0, 0.1) is 5.41 Å². The summed E-state index contributed by atoms with van der Waals surface area (Å²) in [6.45, 7) is 5.25. The molecule has 0 saturated carbocycles. The van der Waals surface area contributed by atoms with Gasteiger partial charge < -0.3 is 20.1 Å². The second kappa shape index (κ2) is 6.74. The first-order valence-corrected chi connectivity index (χ1v) is 12.1. The summed E-state index contributed by atoms with van der Waals surface area (Å²) in [4.78, 5) is 6.21. The number of hydrogen-bond acceptors (Lipinski definition) is 7. The monoisotopic (exact) mass is 506 g/mol. The van der Waals surface area contributed by atoms with Gasteiger partial charge in [-0.3, -0.25) is 4.98 Å². The Morgan fingerprint density at radius 2 is 1.62 bits per heavy atom. The fourth-order valence-corrected chi connectivity index (χ4v) is 4.57. The van der Waals surface area contributed by atoms with Gasteiger partial charge in [-0.05, 0) is 37.6 Å². The van der Waals surface area contributed by atoms with Gasteiger partial charge in [-0.2, -0.15) is 4.98 Å². The van der Waals surface area contributed by atoms with Crippen molar-refractivity contribution in [2.75, 3.05) is 13.1 Å². The smallest absolute Gasteiger partial charge is 0.310 e. The molecular formula is C21H23F5N4O3S. The Bertz CT molecular complexity index is 1240. The minimum Gasteiger partial charge on any atom is -0.381 e. The van der Waals surface area contributed by atoms with E-state index in [0.29, 0.717) is 18.7 Å². The van der Waals surface area contributed by atoms with E-state index in [0.717, 1.165) is 12.1 Å². The molecule has 3 heterocycles. The lowest BCUT2D eigenvalue weighted by Gasteiger charge is -2.52. The number of benzene rings is 1. The number of rotatable bonds is 6. The van der Waals surface area contributed by atoms with Gasteiger partial charge in [0.25, 0.3) is 5.89 Å². The van der Waals surface area contributed by atoms with Crippen molar-refractivity contribution in [2.24, 2.45) is 5.41 Å². The molecule has 1 aliphatic rings. The molecule has 1 aliphatic heterocycles. The Balaban J connectivity index is 1.82. The quantitative estimate of drug-likeness (QED) is 0.410. The summed E-state index contributed by atoms with van der Waals surface area (Å²) in [7, 11) is -9.87. The molecule has 186 valence electrons. The Hall–Kier alpha value is -2.61. The van der Waals surface area contributed by atoms with Crippen LogP contribution < -0.4 is 5.32 Å². The van der Waals surface area contributed by atoms with Gasteiger partial charge in [0, 0.05) is 42.0 Å². The van der Waals surface area contributed by atoms with Crippen molar-refractivity contribution in [3.8, 4) is 11.4 Å². The number of halogens is 5. The highest BCUT2D eigenvalue weighted by atomic mass is 32.5. The number of hydrogen-bond donors (Lipinski definition) is 3. The van der Waals surface area contributed by atoms with E-state index in [-0.39, 0.29) is 35.0 Å². The largest absolute Gasteiger partial charge is 0.381 e. The van der Waals surface area contributed by atoms with E-state index in [9.17, 15) is 29.6 Å². The predicted octanol–water partition coefficient (Wildman–Crippen LogP) is 4.86. The maximum Gasteiger partial charge on any atom is 0.310 e. The molecule has 7 nitrogen and oxygen atoms in total. The summed E-state index contributed by atoms with van der Waals surface area (Å²) in [5.41, 5.74) is -3.67. The van der Waals surface area contributed by atoms with E-state index < -0.39 is 31.7 Å². The summed E-state index contributed by atoms with van der Waals surface area (Å²) in [6, 6.07) is 3.76. The lowest BCUT2D eigenvalue weighted by atomic mass is 9.63. The first kappa shape index (κ1) is 24.5. The van der Waals surface area contributed by atoms with E-state index in [1.54, 1.807) is 6.92 Å². The van der Waals surface area contributed by atoms with Crippen LogP contribution in [0.15, 0.2) is 52.1 Å². The van der Waals surface area contributed by atoms with Gasteiger partial charge in [-0.1, -0.05) is 43.6 Å². The summed E-state index contributed by atoms with van der Waals surface area (Å²) in [5.74, 6) is 0.0203. The van der Waals surface area contributed by atoms with Crippen LogP contribution in [-0.4, -0.2) is 38.4 Å². The normalized spacial score (nSPS) is 20.1. The first-order chi connectivity index (χ1) is 15.3. The van der Waals surface area contributed by atoms with Gasteiger partial charge in [0.15, 0.2) is 0 Å². The van der Waals surface area contributed by atoms with Gasteiger partial charge >= 0.3 is 10.2 Å². The molecule has 1 unspecified atom stereocenters. The minimum absolute atomic E-state index is 0.00802. The Labute approximate surface area is 191 Å². The van der Waals surface area contributed by atoms with Gasteiger partial charge in [-0.15, -0.1) is 0 Å². The third-order valence-electron chi connectivity index (χ3n) is 5.98. The standard InChI is InChI=1S/C21H23F5N4O3S/c1-19(2,31)18-29-17(30-33-18)13-8-15(10-27-9-13)21(32,20(3)11-28-12-20)14-4-6-16(7-5-14)34(22,23,24,25)26/h4-10,28,31-32H,11-12H2,1-3H3. The summed E-state index contributed by atoms with van der Waals surface area (Å²) in [6.07, 6.45) is 2.73. The van der Waals surface area contributed by atoms with E-state index in [2.05, 4.69) is 20.4 Å². The molecule has 34 heavy (non-hydrogen) atoms. The van der Waals surface area contributed by atoms with Crippen LogP contribution in [0.1, 0.15) is 37.8 Å².